The number of esters is 1. The second-order valence-electron chi connectivity index (χ2n) is 10.3. The lowest BCUT2D eigenvalue weighted by Crippen LogP contribution is -2.25. The van der Waals surface area contributed by atoms with Crippen LogP contribution in [0.4, 0.5) is 0 Å². The van der Waals surface area contributed by atoms with E-state index in [-0.39, 0.29) is 5.97 Å². The largest absolute Gasteiger partial charge is 0.496 e. The van der Waals surface area contributed by atoms with Crippen LogP contribution in [-0.4, -0.2) is 25.8 Å². The van der Waals surface area contributed by atoms with Crippen molar-refractivity contribution in [2.75, 3.05) is 14.2 Å². The van der Waals surface area contributed by atoms with Gasteiger partial charge in [-0.2, -0.15) is 0 Å². The van der Waals surface area contributed by atoms with Gasteiger partial charge in [0.05, 0.1) is 19.8 Å². The first-order chi connectivity index (χ1) is 16.6. The normalized spacial score (nSPS) is 11.5. The zero-order valence-corrected chi connectivity index (χ0v) is 23.5. The number of carbonyl (C=O) groups excluding carboxylic acids is 1. The van der Waals surface area contributed by atoms with Gasteiger partial charge in [-0.25, -0.2) is 4.79 Å². The van der Waals surface area contributed by atoms with Gasteiger partial charge in [-0.3, -0.25) is 0 Å². The molecule has 4 heteroatoms. The van der Waals surface area contributed by atoms with Crippen molar-refractivity contribution in [3.05, 3.63) is 46.0 Å². The topological polar surface area (TPSA) is 44.8 Å². The van der Waals surface area contributed by atoms with Crippen LogP contribution >= 0.6 is 0 Å². The number of aryl methyl sites for hydroxylation is 3. The lowest BCUT2D eigenvalue weighted by molar-refractivity contribution is 0.00688. The van der Waals surface area contributed by atoms with Crippen LogP contribution in [0.1, 0.15) is 107 Å². The Labute approximate surface area is 213 Å². The first kappa shape index (κ1) is 28.7. The molecule has 0 bridgehead atoms. The standard InChI is InChI=1S/C31H46O4/c1-10-14-21-18-22(15-11-2)29(34-9)26(19-21)25-20-23(16-12-3)28(33-8)24(17-13-4)27(25)30(32)35-31(5,6)7/h18-20H,10-17H2,1-9H3. The van der Waals surface area contributed by atoms with Gasteiger partial charge in [-0.05, 0) is 75.3 Å². The van der Waals surface area contributed by atoms with Crippen LogP contribution in [0.15, 0.2) is 18.2 Å². The second-order valence-corrected chi connectivity index (χ2v) is 10.3. The summed E-state index contributed by atoms with van der Waals surface area (Å²) in [4.78, 5) is 13.8. The van der Waals surface area contributed by atoms with Crippen molar-refractivity contribution in [3.8, 4) is 22.6 Å². The quantitative estimate of drug-likeness (QED) is 0.286. The Morgan fingerprint density at radius 1 is 0.714 bits per heavy atom. The van der Waals surface area contributed by atoms with E-state index in [1.54, 1.807) is 14.2 Å². The third kappa shape index (κ3) is 7.02. The van der Waals surface area contributed by atoms with Gasteiger partial charge in [0.15, 0.2) is 0 Å². The molecule has 0 unspecified atom stereocenters. The highest BCUT2D eigenvalue weighted by Crippen LogP contribution is 2.43. The van der Waals surface area contributed by atoms with Gasteiger partial charge < -0.3 is 14.2 Å². The summed E-state index contributed by atoms with van der Waals surface area (Å²) < 4.78 is 17.9. The van der Waals surface area contributed by atoms with Crippen LogP contribution in [0.3, 0.4) is 0 Å². The molecule has 0 atom stereocenters. The predicted molar refractivity (Wildman–Crippen MR) is 146 cm³/mol. The summed E-state index contributed by atoms with van der Waals surface area (Å²) in [5.74, 6) is 1.36. The molecule has 0 aromatic heterocycles. The Bertz CT molecular complexity index is 998. The maximum absolute atomic E-state index is 13.8. The zero-order chi connectivity index (χ0) is 26.2. The van der Waals surface area contributed by atoms with E-state index in [2.05, 4.69) is 45.9 Å². The Morgan fingerprint density at radius 3 is 1.74 bits per heavy atom. The van der Waals surface area contributed by atoms with E-state index in [0.717, 1.165) is 85.1 Å². The molecule has 2 aromatic rings. The first-order valence-electron chi connectivity index (χ1n) is 13.3. The van der Waals surface area contributed by atoms with Crippen molar-refractivity contribution in [2.24, 2.45) is 0 Å². The Balaban J connectivity index is 3.04. The molecule has 0 saturated carbocycles. The van der Waals surface area contributed by atoms with Crippen LogP contribution in [0.25, 0.3) is 11.1 Å². The fraction of sp³-hybridized carbons (Fsp3) is 0.581. The van der Waals surface area contributed by atoms with E-state index in [4.69, 9.17) is 14.2 Å². The summed E-state index contributed by atoms with van der Waals surface area (Å²) in [7, 11) is 3.43. The van der Waals surface area contributed by atoms with Gasteiger partial charge in [0.1, 0.15) is 17.1 Å². The van der Waals surface area contributed by atoms with Crippen molar-refractivity contribution in [3.63, 3.8) is 0 Å². The minimum Gasteiger partial charge on any atom is -0.496 e. The van der Waals surface area contributed by atoms with Crippen LogP contribution in [0, 0.1) is 0 Å². The smallest absolute Gasteiger partial charge is 0.339 e. The molecule has 2 rings (SSSR count). The monoisotopic (exact) mass is 482 g/mol. The Kier molecular flexibility index (Phi) is 10.7. The first-order valence-corrected chi connectivity index (χ1v) is 13.3. The summed E-state index contributed by atoms with van der Waals surface area (Å²) in [6.07, 6.45) is 7.48. The van der Waals surface area contributed by atoms with Crippen LogP contribution < -0.4 is 9.47 Å². The van der Waals surface area contributed by atoms with E-state index in [1.807, 2.05) is 20.8 Å². The highest BCUT2D eigenvalue weighted by atomic mass is 16.6. The van der Waals surface area contributed by atoms with Gasteiger partial charge in [0, 0.05) is 16.7 Å². The molecule has 0 aliphatic carbocycles. The average Bonchev–Trinajstić information content (AvgIpc) is 2.78. The summed E-state index contributed by atoms with van der Waals surface area (Å²) >= 11 is 0. The molecule has 0 amide bonds. The molecule has 0 fully saturated rings. The molecule has 0 aliphatic heterocycles. The fourth-order valence-corrected chi connectivity index (χ4v) is 4.84. The third-order valence-corrected chi connectivity index (χ3v) is 6.06. The van der Waals surface area contributed by atoms with E-state index in [9.17, 15) is 4.79 Å². The number of hydrogen-bond acceptors (Lipinski definition) is 4. The summed E-state index contributed by atoms with van der Waals surface area (Å²) in [6.45, 7) is 14.4. The molecular weight excluding hydrogens is 436 g/mol. The highest BCUT2D eigenvalue weighted by molar-refractivity contribution is 6.01. The number of carbonyl (C=O) groups is 1. The molecule has 35 heavy (non-hydrogen) atoms. The molecule has 194 valence electrons. The van der Waals surface area contributed by atoms with Crippen molar-refractivity contribution in [1.29, 1.82) is 0 Å². The fourth-order valence-electron chi connectivity index (χ4n) is 4.84. The maximum Gasteiger partial charge on any atom is 0.339 e. The molecule has 2 aromatic carbocycles. The highest BCUT2D eigenvalue weighted by Gasteiger charge is 2.29. The third-order valence-electron chi connectivity index (χ3n) is 6.06. The van der Waals surface area contributed by atoms with Crippen LogP contribution in [0.2, 0.25) is 0 Å². The second kappa shape index (κ2) is 13.0. The van der Waals surface area contributed by atoms with E-state index >= 15 is 0 Å². The van der Waals surface area contributed by atoms with Crippen LogP contribution in [-0.2, 0) is 30.4 Å². The number of rotatable bonds is 12. The van der Waals surface area contributed by atoms with Gasteiger partial charge in [0.25, 0.3) is 0 Å². The van der Waals surface area contributed by atoms with E-state index in [0.29, 0.717) is 5.56 Å². The van der Waals surface area contributed by atoms with Gasteiger partial charge in [0.2, 0.25) is 0 Å². The summed E-state index contributed by atoms with van der Waals surface area (Å²) in [5, 5.41) is 0. The molecular formula is C31H46O4. The van der Waals surface area contributed by atoms with Gasteiger partial charge >= 0.3 is 5.97 Å². The number of hydrogen-bond donors (Lipinski definition) is 0. The molecule has 0 spiro atoms. The lowest BCUT2D eigenvalue weighted by atomic mass is 9.86. The van der Waals surface area contributed by atoms with Crippen molar-refractivity contribution in [2.45, 2.75) is 105 Å². The predicted octanol–water partition coefficient (Wildman–Crippen LogP) is 8.14. The Hall–Kier alpha value is -2.49. The minimum atomic E-state index is -0.603. The van der Waals surface area contributed by atoms with Crippen molar-refractivity contribution in [1.82, 2.24) is 0 Å². The van der Waals surface area contributed by atoms with Gasteiger partial charge in [-0.1, -0.05) is 59.4 Å². The van der Waals surface area contributed by atoms with E-state index < -0.39 is 5.60 Å². The van der Waals surface area contributed by atoms with Crippen molar-refractivity contribution >= 4 is 5.97 Å². The van der Waals surface area contributed by atoms with Crippen LogP contribution in [0.5, 0.6) is 11.5 Å². The number of ether oxygens (including phenoxy) is 3. The van der Waals surface area contributed by atoms with Gasteiger partial charge in [-0.15, -0.1) is 0 Å². The van der Waals surface area contributed by atoms with Crippen molar-refractivity contribution < 1.29 is 19.0 Å². The number of benzene rings is 2. The molecule has 0 aliphatic rings. The molecule has 0 heterocycles. The van der Waals surface area contributed by atoms with E-state index in [1.165, 1.54) is 11.1 Å². The number of methoxy groups -OCH3 is 2. The SMILES string of the molecule is CCCc1cc(CCC)c(OC)c(-c2cc(CCC)c(OC)c(CCC)c2C(=O)OC(C)(C)C)c1. The maximum atomic E-state index is 13.8. The molecule has 0 saturated heterocycles. The molecule has 0 radical (unpaired) electrons. The summed E-state index contributed by atoms with van der Waals surface area (Å²) in [5.41, 5.74) is 6.38. The minimum absolute atomic E-state index is 0.308. The summed E-state index contributed by atoms with van der Waals surface area (Å²) in [6, 6.07) is 6.62. The molecule has 4 nitrogen and oxygen atoms in total. The molecule has 0 N–H and O–H groups in total. The lowest BCUT2D eigenvalue weighted by Gasteiger charge is -2.26. The average molecular weight is 483 g/mol. The zero-order valence-electron chi connectivity index (χ0n) is 23.5. The Morgan fingerprint density at radius 2 is 1.26 bits per heavy atom.